The largest absolute Gasteiger partial charge is 0.300 e. The number of carbonyl (C=O) groups excluding carboxylic acids is 1. The summed E-state index contributed by atoms with van der Waals surface area (Å²) in [7, 11) is 2.02. The minimum atomic E-state index is 0.0512. The van der Waals surface area contributed by atoms with E-state index in [2.05, 4.69) is 22.4 Å². The van der Waals surface area contributed by atoms with Gasteiger partial charge in [-0.25, -0.2) is 0 Å². The van der Waals surface area contributed by atoms with E-state index in [9.17, 15) is 4.79 Å². The minimum absolute atomic E-state index is 0.0512. The Morgan fingerprint density at radius 2 is 2.40 bits per heavy atom. The average molecular weight is 207 g/mol. The second-order valence-electron chi connectivity index (χ2n) is 3.90. The van der Waals surface area contributed by atoms with E-state index in [-0.39, 0.29) is 11.8 Å². The van der Waals surface area contributed by atoms with E-state index in [1.807, 2.05) is 7.05 Å². The molecule has 1 unspecified atom stereocenters. The average Bonchev–Trinajstić information content (AvgIpc) is 2.23. The summed E-state index contributed by atoms with van der Waals surface area (Å²) in [6.07, 6.45) is 1.88. The lowest BCUT2D eigenvalue weighted by atomic mass is 10.1. The lowest BCUT2D eigenvalue weighted by Gasteiger charge is -2.38. The molecule has 1 rings (SSSR count). The predicted molar refractivity (Wildman–Crippen MR) is 58.3 cm³/mol. The van der Waals surface area contributed by atoms with Crippen LogP contribution in [0.2, 0.25) is 0 Å². The Bertz CT molecular complexity index is 282. The van der Waals surface area contributed by atoms with Gasteiger partial charge in [0.25, 0.3) is 0 Å². The van der Waals surface area contributed by atoms with Crippen molar-refractivity contribution in [3.05, 3.63) is 12.7 Å². The molecule has 0 amide bonds. The van der Waals surface area contributed by atoms with Gasteiger partial charge in [0, 0.05) is 25.7 Å². The topological polar surface area (TPSA) is 47.3 Å². The summed E-state index contributed by atoms with van der Waals surface area (Å²) < 4.78 is 0. The third-order valence-electron chi connectivity index (χ3n) is 2.80. The minimum Gasteiger partial charge on any atom is -0.300 e. The van der Waals surface area contributed by atoms with Crippen LogP contribution < -0.4 is 0 Å². The van der Waals surface area contributed by atoms with Crippen LogP contribution in [-0.4, -0.2) is 54.9 Å². The van der Waals surface area contributed by atoms with Gasteiger partial charge in [0.05, 0.1) is 19.0 Å². The van der Waals surface area contributed by atoms with Crippen LogP contribution in [0.3, 0.4) is 0 Å². The second-order valence-corrected chi connectivity index (χ2v) is 3.90. The Kier molecular flexibility index (Phi) is 4.47. The van der Waals surface area contributed by atoms with Gasteiger partial charge in [-0.2, -0.15) is 5.26 Å². The Balaban J connectivity index is 2.47. The van der Waals surface area contributed by atoms with E-state index in [4.69, 9.17) is 5.26 Å². The van der Waals surface area contributed by atoms with Crippen molar-refractivity contribution >= 4 is 5.78 Å². The number of nitriles is 1. The molecule has 0 aromatic rings. The molecule has 0 radical (unpaired) electrons. The molecule has 1 saturated heterocycles. The first kappa shape index (κ1) is 11.9. The van der Waals surface area contributed by atoms with Gasteiger partial charge in [0.1, 0.15) is 0 Å². The molecule has 0 aliphatic carbocycles. The van der Waals surface area contributed by atoms with Gasteiger partial charge in [-0.05, 0) is 13.1 Å². The van der Waals surface area contributed by atoms with Gasteiger partial charge in [-0.1, -0.05) is 6.58 Å². The highest BCUT2D eigenvalue weighted by Crippen LogP contribution is 2.10. The van der Waals surface area contributed by atoms with Crippen LogP contribution in [-0.2, 0) is 4.79 Å². The Morgan fingerprint density at radius 3 is 3.00 bits per heavy atom. The number of rotatable bonds is 4. The first-order chi connectivity index (χ1) is 7.17. The molecule has 0 aromatic carbocycles. The zero-order valence-corrected chi connectivity index (χ0v) is 9.15. The molecule has 1 atom stereocenters. The standard InChI is InChI=1S/C11H17N3O/c1-3-11(15)9-14-7-6-13(2)10(8-14)4-5-12/h3,10H,1,4,6-9H2,2H3. The molecule has 1 heterocycles. The molecule has 0 N–H and O–H groups in total. The molecule has 0 spiro atoms. The van der Waals surface area contributed by atoms with Crippen molar-refractivity contribution in [2.24, 2.45) is 0 Å². The summed E-state index contributed by atoms with van der Waals surface area (Å²) in [4.78, 5) is 15.5. The first-order valence-electron chi connectivity index (χ1n) is 5.12. The van der Waals surface area contributed by atoms with E-state index >= 15 is 0 Å². The van der Waals surface area contributed by atoms with Crippen LogP contribution in [0, 0.1) is 11.3 Å². The Hall–Kier alpha value is -1.18. The molecule has 82 valence electrons. The molecular formula is C11H17N3O. The highest BCUT2D eigenvalue weighted by molar-refractivity contribution is 5.90. The molecular weight excluding hydrogens is 190 g/mol. The van der Waals surface area contributed by atoms with Gasteiger partial charge in [-0.15, -0.1) is 0 Å². The SMILES string of the molecule is C=CC(=O)CN1CCN(C)C(CC#N)C1. The summed E-state index contributed by atoms with van der Waals surface area (Å²) in [6, 6.07) is 2.43. The van der Waals surface area contributed by atoms with Crippen molar-refractivity contribution in [2.45, 2.75) is 12.5 Å². The molecule has 0 aromatic heterocycles. The molecule has 0 bridgehead atoms. The van der Waals surface area contributed by atoms with E-state index in [0.29, 0.717) is 13.0 Å². The van der Waals surface area contributed by atoms with Crippen LogP contribution in [0.5, 0.6) is 0 Å². The Morgan fingerprint density at radius 1 is 1.67 bits per heavy atom. The van der Waals surface area contributed by atoms with Crippen LogP contribution in [0.4, 0.5) is 0 Å². The smallest absolute Gasteiger partial charge is 0.169 e. The number of ketones is 1. The van der Waals surface area contributed by atoms with Crippen molar-refractivity contribution in [1.29, 1.82) is 5.26 Å². The van der Waals surface area contributed by atoms with Crippen LogP contribution in [0.1, 0.15) is 6.42 Å². The number of piperazine rings is 1. The van der Waals surface area contributed by atoms with Crippen LogP contribution >= 0.6 is 0 Å². The lowest BCUT2D eigenvalue weighted by molar-refractivity contribution is -0.116. The molecule has 15 heavy (non-hydrogen) atoms. The number of hydrogen-bond donors (Lipinski definition) is 0. The highest BCUT2D eigenvalue weighted by Gasteiger charge is 2.24. The quantitative estimate of drug-likeness (QED) is 0.621. The molecule has 1 aliphatic heterocycles. The van der Waals surface area contributed by atoms with Crippen LogP contribution in [0.15, 0.2) is 12.7 Å². The second kappa shape index (κ2) is 5.64. The first-order valence-corrected chi connectivity index (χ1v) is 5.12. The molecule has 4 heteroatoms. The maximum Gasteiger partial charge on any atom is 0.169 e. The predicted octanol–water partition coefficient (Wildman–Crippen LogP) is 0.271. The molecule has 1 aliphatic rings. The normalized spacial score (nSPS) is 23.3. The lowest BCUT2D eigenvalue weighted by Crippen LogP contribution is -2.52. The van der Waals surface area contributed by atoms with E-state index < -0.39 is 0 Å². The van der Waals surface area contributed by atoms with Crippen molar-refractivity contribution in [3.63, 3.8) is 0 Å². The summed E-state index contributed by atoms with van der Waals surface area (Å²) in [5.41, 5.74) is 0. The number of nitrogens with zero attached hydrogens (tertiary/aromatic N) is 3. The van der Waals surface area contributed by atoms with Gasteiger partial charge in [0.15, 0.2) is 5.78 Å². The van der Waals surface area contributed by atoms with E-state index in [0.717, 1.165) is 19.6 Å². The summed E-state index contributed by atoms with van der Waals surface area (Å²) >= 11 is 0. The summed E-state index contributed by atoms with van der Waals surface area (Å²) in [5.74, 6) is 0.0512. The van der Waals surface area contributed by atoms with E-state index in [1.54, 1.807) is 0 Å². The third kappa shape index (κ3) is 3.46. The van der Waals surface area contributed by atoms with Gasteiger partial charge in [-0.3, -0.25) is 14.6 Å². The van der Waals surface area contributed by atoms with E-state index in [1.165, 1.54) is 6.08 Å². The zero-order chi connectivity index (χ0) is 11.3. The third-order valence-corrected chi connectivity index (χ3v) is 2.80. The van der Waals surface area contributed by atoms with Crippen molar-refractivity contribution < 1.29 is 4.79 Å². The molecule has 4 nitrogen and oxygen atoms in total. The van der Waals surface area contributed by atoms with Crippen molar-refractivity contribution in [3.8, 4) is 6.07 Å². The van der Waals surface area contributed by atoms with Gasteiger partial charge >= 0.3 is 0 Å². The maximum atomic E-state index is 11.2. The molecule has 0 saturated carbocycles. The van der Waals surface area contributed by atoms with Crippen LogP contribution in [0.25, 0.3) is 0 Å². The number of carbonyl (C=O) groups is 1. The maximum absolute atomic E-state index is 11.2. The fraction of sp³-hybridized carbons (Fsp3) is 0.636. The number of likely N-dealkylation sites (N-methyl/N-ethyl adjacent to an activating group) is 1. The fourth-order valence-electron chi connectivity index (χ4n) is 1.76. The van der Waals surface area contributed by atoms with Crippen molar-refractivity contribution in [2.75, 3.05) is 33.2 Å². The fourth-order valence-corrected chi connectivity index (χ4v) is 1.76. The number of hydrogen-bond acceptors (Lipinski definition) is 4. The van der Waals surface area contributed by atoms with Gasteiger partial charge in [0.2, 0.25) is 0 Å². The summed E-state index contributed by atoms with van der Waals surface area (Å²) in [6.45, 7) is 6.48. The monoisotopic (exact) mass is 207 g/mol. The Labute approximate surface area is 90.8 Å². The summed E-state index contributed by atoms with van der Waals surface area (Å²) in [5, 5.41) is 8.67. The highest BCUT2D eigenvalue weighted by atomic mass is 16.1. The zero-order valence-electron chi connectivity index (χ0n) is 9.15. The van der Waals surface area contributed by atoms with Crippen molar-refractivity contribution in [1.82, 2.24) is 9.80 Å². The molecule has 1 fully saturated rings. The van der Waals surface area contributed by atoms with Gasteiger partial charge < -0.3 is 0 Å².